The van der Waals surface area contributed by atoms with Crippen molar-refractivity contribution in [1.29, 1.82) is 0 Å². The van der Waals surface area contributed by atoms with Gasteiger partial charge in [-0.3, -0.25) is 0 Å². The first-order chi connectivity index (χ1) is 12.1. The lowest BCUT2D eigenvalue weighted by atomic mass is 9.98. The zero-order valence-electron chi connectivity index (χ0n) is 14.6. The van der Waals surface area contributed by atoms with E-state index in [1.54, 1.807) is 11.6 Å². The van der Waals surface area contributed by atoms with Crippen LogP contribution in [0.2, 0.25) is 0 Å². The lowest BCUT2D eigenvalue weighted by Gasteiger charge is -2.30. The number of nitrogen functional groups attached to an aromatic ring is 1. The van der Waals surface area contributed by atoms with E-state index in [9.17, 15) is 4.79 Å². The molecule has 25 heavy (non-hydrogen) atoms. The smallest absolute Gasteiger partial charge is 0.343 e. The number of nitrogens with two attached hydrogens (primary N) is 1. The Morgan fingerprint density at radius 3 is 3.04 bits per heavy atom. The standard InChI is InChI=1S/C16H24N6O3/c1-3-24-16(23)13-9-18-22(14(13)17)8-7-21-6-4-5-12(10-21)15-19-11(2)20-25-15/h9,12H,3-8,10,17H2,1-2H3. The molecule has 0 spiro atoms. The van der Waals surface area contributed by atoms with Gasteiger partial charge in [-0.25, -0.2) is 9.48 Å². The molecule has 2 N–H and O–H groups in total. The minimum Gasteiger partial charge on any atom is -0.462 e. The minimum atomic E-state index is -0.434. The summed E-state index contributed by atoms with van der Waals surface area (Å²) in [6.07, 6.45) is 3.59. The zero-order chi connectivity index (χ0) is 17.8. The average Bonchev–Trinajstić information content (AvgIpc) is 3.19. The molecule has 1 atom stereocenters. The number of ether oxygens (including phenoxy) is 1. The summed E-state index contributed by atoms with van der Waals surface area (Å²) in [5.41, 5.74) is 6.34. The van der Waals surface area contributed by atoms with Crippen LogP contribution in [0.1, 0.15) is 47.8 Å². The molecule has 3 rings (SSSR count). The second-order valence-electron chi connectivity index (χ2n) is 6.21. The Kier molecular flexibility index (Phi) is 5.32. The third-order valence-electron chi connectivity index (χ3n) is 4.40. The topological polar surface area (TPSA) is 112 Å². The quantitative estimate of drug-likeness (QED) is 0.775. The number of aryl methyl sites for hydroxylation is 1. The fourth-order valence-corrected chi connectivity index (χ4v) is 3.11. The van der Waals surface area contributed by atoms with Crippen molar-refractivity contribution >= 4 is 11.8 Å². The van der Waals surface area contributed by atoms with Crippen LogP contribution in [0, 0.1) is 6.92 Å². The predicted octanol–water partition coefficient (Wildman–Crippen LogP) is 1.21. The van der Waals surface area contributed by atoms with Crippen molar-refractivity contribution in [3.63, 3.8) is 0 Å². The van der Waals surface area contributed by atoms with Crippen LogP contribution in [0.4, 0.5) is 5.82 Å². The highest BCUT2D eigenvalue weighted by Crippen LogP contribution is 2.25. The van der Waals surface area contributed by atoms with E-state index in [4.69, 9.17) is 15.0 Å². The van der Waals surface area contributed by atoms with Crippen LogP contribution in [0.3, 0.4) is 0 Å². The Morgan fingerprint density at radius 1 is 1.48 bits per heavy atom. The summed E-state index contributed by atoms with van der Waals surface area (Å²) in [7, 11) is 0. The lowest BCUT2D eigenvalue weighted by molar-refractivity contribution is 0.0527. The van der Waals surface area contributed by atoms with E-state index >= 15 is 0 Å². The van der Waals surface area contributed by atoms with Crippen molar-refractivity contribution < 1.29 is 14.1 Å². The molecule has 9 nitrogen and oxygen atoms in total. The highest BCUT2D eigenvalue weighted by Gasteiger charge is 2.26. The summed E-state index contributed by atoms with van der Waals surface area (Å²) in [5.74, 6) is 1.56. The van der Waals surface area contributed by atoms with Gasteiger partial charge in [0, 0.05) is 13.1 Å². The second-order valence-corrected chi connectivity index (χ2v) is 6.21. The van der Waals surface area contributed by atoms with E-state index in [-0.39, 0.29) is 5.92 Å². The monoisotopic (exact) mass is 348 g/mol. The summed E-state index contributed by atoms with van der Waals surface area (Å²) in [5, 5.41) is 8.08. The summed E-state index contributed by atoms with van der Waals surface area (Å²) in [4.78, 5) is 18.5. The van der Waals surface area contributed by atoms with Crippen molar-refractivity contribution in [1.82, 2.24) is 24.8 Å². The maximum Gasteiger partial charge on any atom is 0.343 e. The highest BCUT2D eigenvalue weighted by molar-refractivity contribution is 5.93. The first kappa shape index (κ1) is 17.4. The molecule has 9 heteroatoms. The molecule has 1 aliphatic rings. The number of nitrogens with zero attached hydrogens (tertiary/aromatic N) is 5. The van der Waals surface area contributed by atoms with E-state index in [0.29, 0.717) is 36.2 Å². The third kappa shape index (κ3) is 3.98. The maximum atomic E-state index is 11.8. The zero-order valence-corrected chi connectivity index (χ0v) is 14.6. The second kappa shape index (κ2) is 7.64. The Balaban J connectivity index is 1.57. The van der Waals surface area contributed by atoms with Crippen molar-refractivity contribution in [2.45, 2.75) is 39.2 Å². The van der Waals surface area contributed by atoms with Gasteiger partial charge in [0.1, 0.15) is 11.4 Å². The minimum absolute atomic E-state index is 0.264. The van der Waals surface area contributed by atoms with Gasteiger partial charge in [-0.15, -0.1) is 0 Å². The fourth-order valence-electron chi connectivity index (χ4n) is 3.11. The first-order valence-corrected chi connectivity index (χ1v) is 8.59. The van der Waals surface area contributed by atoms with Gasteiger partial charge < -0.3 is 19.9 Å². The number of likely N-dealkylation sites (tertiary alicyclic amines) is 1. The SMILES string of the molecule is CCOC(=O)c1cnn(CCN2CCCC(c3nc(C)no3)C2)c1N. The molecule has 1 aliphatic heterocycles. The van der Waals surface area contributed by atoms with Crippen LogP contribution in [0.15, 0.2) is 10.7 Å². The number of aromatic nitrogens is 4. The van der Waals surface area contributed by atoms with E-state index in [1.165, 1.54) is 6.20 Å². The lowest BCUT2D eigenvalue weighted by Crippen LogP contribution is -2.36. The number of piperidine rings is 1. The first-order valence-electron chi connectivity index (χ1n) is 8.59. The Bertz CT molecular complexity index is 725. The molecule has 0 bridgehead atoms. The molecule has 136 valence electrons. The van der Waals surface area contributed by atoms with Gasteiger partial charge in [0.15, 0.2) is 5.82 Å². The maximum absolute atomic E-state index is 11.8. The van der Waals surface area contributed by atoms with E-state index in [0.717, 1.165) is 32.5 Å². The number of esters is 1. The van der Waals surface area contributed by atoms with Crippen molar-refractivity contribution in [2.24, 2.45) is 0 Å². The normalized spacial score (nSPS) is 18.4. The van der Waals surface area contributed by atoms with Gasteiger partial charge in [-0.05, 0) is 33.2 Å². The molecule has 3 heterocycles. The molecule has 2 aromatic rings. The van der Waals surface area contributed by atoms with E-state index < -0.39 is 5.97 Å². The molecule has 0 saturated carbocycles. The number of carbonyl (C=O) groups is 1. The van der Waals surface area contributed by atoms with Gasteiger partial charge in [0.25, 0.3) is 0 Å². The van der Waals surface area contributed by atoms with Crippen LogP contribution >= 0.6 is 0 Å². The Morgan fingerprint density at radius 2 is 2.32 bits per heavy atom. The molecule has 0 amide bonds. The van der Waals surface area contributed by atoms with Crippen LogP contribution < -0.4 is 5.73 Å². The summed E-state index contributed by atoms with van der Waals surface area (Å²) in [6, 6.07) is 0. The van der Waals surface area contributed by atoms with Gasteiger partial charge in [0.2, 0.25) is 5.89 Å². The van der Waals surface area contributed by atoms with Gasteiger partial charge in [-0.2, -0.15) is 10.1 Å². The Labute approximate surface area is 146 Å². The van der Waals surface area contributed by atoms with Crippen molar-refractivity contribution in [3.05, 3.63) is 23.5 Å². The Hall–Kier alpha value is -2.42. The molecule has 0 radical (unpaired) electrons. The van der Waals surface area contributed by atoms with E-state index in [2.05, 4.69) is 20.1 Å². The van der Waals surface area contributed by atoms with Crippen LogP contribution in [-0.2, 0) is 11.3 Å². The van der Waals surface area contributed by atoms with Crippen LogP contribution in [0.25, 0.3) is 0 Å². The highest BCUT2D eigenvalue weighted by atomic mass is 16.5. The molecule has 1 saturated heterocycles. The van der Waals surface area contributed by atoms with Gasteiger partial charge in [-0.1, -0.05) is 5.16 Å². The molecular weight excluding hydrogens is 324 g/mol. The summed E-state index contributed by atoms with van der Waals surface area (Å²) < 4.78 is 11.9. The van der Waals surface area contributed by atoms with Crippen molar-refractivity contribution in [3.8, 4) is 0 Å². The van der Waals surface area contributed by atoms with Gasteiger partial charge in [0.05, 0.1) is 25.3 Å². The van der Waals surface area contributed by atoms with Crippen molar-refractivity contribution in [2.75, 3.05) is 32.0 Å². The largest absolute Gasteiger partial charge is 0.462 e. The average molecular weight is 348 g/mol. The number of hydrogen-bond donors (Lipinski definition) is 1. The number of hydrogen-bond acceptors (Lipinski definition) is 8. The van der Waals surface area contributed by atoms with Crippen LogP contribution in [-0.4, -0.2) is 57.0 Å². The molecule has 0 aromatic carbocycles. The number of rotatable bonds is 6. The predicted molar refractivity (Wildman–Crippen MR) is 90.0 cm³/mol. The van der Waals surface area contributed by atoms with Gasteiger partial charge >= 0.3 is 5.97 Å². The third-order valence-corrected chi connectivity index (χ3v) is 4.40. The summed E-state index contributed by atoms with van der Waals surface area (Å²) >= 11 is 0. The molecular formula is C16H24N6O3. The molecule has 1 fully saturated rings. The summed E-state index contributed by atoms with van der Waals surface area (Å²) in [6.45, 7) is 7.18. The molecule has 0 aliphatic carbocycles. The molecule has 2 aromatic heterocycles. The van der Waals surface area contributed by atoms with E-state index in [1.807, 2.05) is 6.92 Å². The number of carbonyl (C=O) groups excluding carboxylic acids is 1. The fraction of sp³-hybridized carbons (Fsp3) is 0.625. The number of anilines is 1. The molecule has 1 unspecified atom stereocenters. The van der Waals surface area contributed by atoms with Crippen LogP contribution in [0.5, 0.6) is 0 Å².